The highest BCUT2D eigenvalue weighted by atomic mass is 127. The lowest BCUT2D eigenvalue weighted by Crippen LogP contribution is -2.01. The van der Waals surface area contributed by atoms with Gasteiger partial charge in [-0.3, -0.25) is 4.34 Å². The van der Waals surface area contributed by atoms with Crippen molar-refractivity contribution in [2.45, 2.75) is 11.8 Å². The molecule has 0 bridgehead atoms. The summed E-state index contributed by atoms with van der Waals surface area (Å²) in [5, 5.41) is 6.83. The summed E-state index contributed by atoms with van der Waals surface area (Å²) >= 11 is 4.04. The molecule has 3 aromatic heterocycles. The number of thioether (sulfide) groups is 1. The van der Waals surface area contributed by atoms with Crippen LogP contribution in [0.3, 0.4) is 0 Å². The molecular weight excluding hydrogens is 526 g/mol. The molecule has 9 heteroatoms. The van der Waals surface area contributed by atoms with Gasteiger partial charge in [-0.25, -0.2) is 15.0 Å². The van der Waals surface area contributed by atoms with Crippen molar-refractivity contribution < 1.29 is 0 Å². The zero-order valence-electron chi connectivity index (χ0n) is 16.3. The van der Waals surface area contributed by atoms with Crippen LogP contribution in [-0.4, -0.2) is 25.5 Å². The van der Waals surface area contributed by atoms with E-state index in [0.29, 0.717) is 23.7 Å². The quantitative estimate of drug-likeness (QED) is 0.132. The lowest BCUT2D eigenvalue weighted by molar-refractivity contribution is 1.10. The Hall–Kier alpha value is -2.34. The first kappa shape index (κ1) is 20.9. The highest BCUT2D eigenvalue weighted by Gasteiger charge is 2.16. The van der Waals surface area contributed by atoms with E-state index >= 15 is 0 Å². The van der Waals surface area contributed by atoms with Crippen LogP contribution in [0.4, 0.5) is 23.0 Å². The van der Waals surface area contributed by atoms with E-state index in [-0.39, 0.29) is 0 Å². The van der Waals surface area contributed by atoms with E-state index in [2.05, 4.69) is 66.3 Å². The Bertz CT molecular complexity index is 1270. The van der Waals surface area contributed by atoms with Crippen molar-refractivity contribution in [2.24, 2.45) is 0 Å². The second-order valence-electron chi connectivity index (χ2n) is 6.31. The average molecular weight is 544 g/mol. The summed E-state index contributed by atoms with van der Waals surface area (Å²) in [4.78, 5) is 15.2. The van der Waals surface area contributed by atoms with E-state index < -0.39 is 0 Å². The summed E-state index contributed by atoms with van der Waals surface area (Å²) in [6.45, 7) is 2.00. The third-order valence-electron chi connectivity index (χ3n) is 4.40. The molecule has 0 aliphatic carbocycles. The molecule has 4 aromatic rings. The fourth-order valence-corrected chi connectivity index (χ4v) is 5.72. The lowest BCUT2D eigenvalue weighted by atomic mass is 10.2. The summed E-state index contributed by atoms with van der Waals surface area (Å²) in [6, 6.07) is 15.7. The minimum atomic E-state index is 0.491. The van der Waals surface area contributed by atoms with Crippen LogP contribution in [0.5, 0.6) is 0 Å². The number of pyridine rings is 2. The van der Waals surface area contributed by atoms with Crippen molar-refractivity contribution in [3.8, 4) is 12.3 Å². The molecule has 6 nitrogen and oxygen atoms in total. The minimum Gasteiger partial charge on any atom is -0.353 e. The summed E-state index contributed by atoms with van der Waals surface area (Å²) < 4.78 is 2.11. The van der Waals surface area contributed by atoms with Gasteiger partial charge in [-0.05, 0) is 59.5 Å². The van der Waals surface area contributed by atoms with Crippen molar-refractivity contribution in [1.29, 1.82) is 0 Å². The maximum Gasteiger partial charge on any atom is 0.168 e. The largest absolute Gasteiger partial charge is 0.353 e. The third kappa shape index (κ3) is 4.24. The molecule has 1 aromatic carbocycles. The number of imidazole rings is 1. The van der Waals surface area contributed by atoms with Gasteiger partial charge in [0.05, 0.1) is 17.7 Å². The Labute approximate surface area is 194 Å². The fourth-order valence-electron chi connectivity index (χ4n) is 3.03. The van der Waals surface area contributed by atoms with Crippen LogP contribution in [0.15, 0.2) is 53.4 Å². The topological polar surface area (TPSA) is 67.7 Å². The van der Waals surface area contributed by atoms with Gasteiger partial charge < -0.3 is 10.6 Å². The summed E-state index contributed by atoms with van der Waals surface area (Å²) in [7, 11) is 0. The molecule has 1 unspecified atom stereocenters. The van der Waals surface area contributed by atoms with Crippen molar-refractivity contribution in [3.05, 3.63) is 60.0 Å². The first-order valence-corrected chi connectivity index (χ1v) is 14.3. The number of terminal acetylenes is 1. The lowest BCUT2D eigenvalue weighted by Gasteiger charge is -2.13. The Balaban J connectivity index is 1.82. The predicted octanol–water partition coefficient (Wildman–Crippen LogP) is 6.12. The molecule has 0 radical (unpaired) electrons. The molecule has 0 saturated heterocycles. The molecule has 0 saturated carbocycles. The number of anilines is 4. The summed E-state index contributed by atoms with van der Waals surface area (Å²) in [6.07, 6.45) is 8.04. The number of para-hydroxylation sites is 1. The van der Waals surface area contributed by atoms with E-state index in [1.165, 1.54) is 0 Å². The van der Waals surface area contributed by atoms with Gasteiger partial charge in [0.15, 0.2) is 5.65 Å². The smallest absolute Gasteiger partial charge is 0.168 e. The molecule has 0 fully saturated rings. The molecule has 2 N–H and O–H groups in total. The number of aryl methyl sites for hydroxylation is 1. The molecule has 1 atom stereocenters. The number of benzene rings is 1. The standard InChI is InChI=1S/C21H18IN6PS/c1-4-14-8-7-11-18(24-14)26-19-12-16(25-15-9-5-6-10-17(15)30-3)20-21(27-19)28(29-22)13(2)23-20/h1,5-12,29H,2-3H3,(H2,24,25,26,27). The molecule has 0 aliphatic heterocycles. The van der Waals surface area contributed by atoms with E-state index in [1.54, 1.807) is 17.8 Å². The third-order valence-corrected chi connectivity index (χ3v) is 7.34. The van der Waals surface area contributed by atoms with Crippen LogP contribution in [-0.2, 0) is 0 Å². The van der Waals surface area contributed by atoms with Gasteiger partial charge in [0.2, 0.25) is 0 Å². The number of fused-ring (bicyclic) bond motifs is 1. The van der Waals surface area contributed by atoms with Crippen LogP contribution in [0, 0.1) is 19.3 Å². The number of aromatic nitrogens is 4. The zero-order chi connectivity index (χ0) is 21.1. The number of hydrogen-bond acceptors (Lipinski definition) is 6. The normalized spacial score (nSPS) is 11.1. The molecule has 3 heterocycles. The summed E-state index contributed by atoms with van der Waals surface area (Å²) in [5.41, 5.74) is 4.14. The van der Waals surface area contributed by atoms with Crippen molar-refractivity contribution in [3.63, 3.8) is 0 Å². The monoisotopic (exact) mass is 544 g/mol. The van der Waals surface area contributed by atoms with Gasteiger partial charge in [0.25, 0.3) is 0 Å². The van der Waals surface area contributed by atoms with Crippen LogP contribution < -0.4 is 10.6 Å². The van der Waals surface area contributed by atoms with Crippen LogP contribution in [0.25, 0.3) is 11.2 Å². The van der Waals surface area contributed by atoms with E-state index in [4.69, 9.17) is 16.4 Å². The number of hydrogen-bond donors (Lipinski definition) is 2. The fraction of sp³-hybridized carbons (Fsp3) is 0.0952. The van der Waals surface area contributed by atoms with Gasteiger partial charge in [0, 0.05) is 11.0 Å². The number of rotatable bonds is 6. The maximum absolute atomic E-state index is 5.49. The van der Waals surface area contributed by atoms with E-state index in [0.717, 1.165) is 33.3 Å². The Morgan fingerprint density at radius 3 is 2.63 bits per heavy atom. The zero-order valence-corrected chi connectivity index (χ0v) is 20.2. The van der Waals surface area contributed by atoms with Crippen molar-refractivity contribution >= 4 is 74.4 Å². The van der Waals surface area contributed by atoms with E-state index in [9.17, 15) is 0 Å². The Morgan fingerprint density at radius 2 is 1.87 bits per heavy atom. The maximum atomic E-state index is 5.49. The van der Waals surface area contributed by atoms with Crippen molar-refractivity contribution in [1.82, 2.24) is 19.3 Å². The van der Waals surface area contributed by atoms with Gasteiger partial charge >= 0.3 is 0 Å². The first-order valence-electron chi connectivity index (χ1n) is 9.00. The van der Waals surface area contributed by atoms with Gasteiger partial charge in [0.1, 0.15) is 28.7 Å². The Kier molecular flexibility index (Phi) is 6.42. The average Bonchev–Trinajstić information content (AvgIpc) is 3.09. The van der Waals surface area contributed by atoms with E-state index in [1.807, 2.05) is 37.3 Å². The molecular formula is C21H18IN6PS. The molecule has 0 aliphatic rings. The number of halogens is 1. The molecule has 0 spiro atoms. The van der Waals surface area contributed by atoms with Crippen LogP contribution >= 0.6 is 40.2 Å². The number of nitrogens with one attached hydrogen (secondary N) is 2. The van der Waals surface area contributed by atoms with Crippen LogP contribution in [0.2, 0.25) is 0 Å². The number of nitrogens with zero attached hydrogens (tertiary/aromatic N) is 4. The molecule has 150 valence electrons. The minimum absolute atomic E-state index is 0.491. The second kappa shape index (κ2) is 9.21. The second-order valence-corrected chi connectivity index (χ2v) is 9.22. The predicted molar refractivity (Wildman–Crippen MR) is 137 cm³/mol. The van der Waals surface area contributed by atoms with Crippen molar-refractivity contribution in [2.75, 3.05) is 16.9 Å². The van der Waals surface area contributed by atoms with Crippen LogP contribution in [0.1, 0.15) is 11.5 Å². The summed E-state index contributed by atoms with van der Waals surface area (Å²) in [5.74, 6) is 4.80. The SMILES string of the molecule is C#Cc1cccc(Nc2cc(Nc3ccccc3SC)c3nc(C)n(PI)c3n2)n1. The van der Waals surface area contributed by atoms with Gasteiger partial charge in [-0.1, -0.05) is 24.1 Å². The van der Waals surface area contributed by atoms with Gasteiger partial charge in [-0.15, -0.1) is 18.2 Å². The molecule has 0 amide bonds. The Morgan fingerprint density at radius 1 is 1.03 bits per heavy atom. The highest BCUT2D eigenvalue weighted by Crippen LogP contribution is 2.37. The highest BCUT2D eigenvalue weighted by molar-refractivity contribution is 14.2. The first-order chi connectivity index (χ1) is 14.6. The van der Waals surface area contributed by atoms with Gasteiger partial charge in [-0.2, -0.15) is 0 Å². The molecule has 4 rings (SSSR count). The molecule has 30 heavy (non-hydrogen) atoms.